The number of nitrogens with zero attached hydrogens (tertiary/aromatic N) is 4. The van der Waals surface area contributed by atoms with Crippen molar-refractivity contribution in [1.29, 1.82) is 0 Å². The van der Waals surface area contributed by atoms with Crippen molar-refractivity contribution in [2.75, 3.05) is 17.2 Å². The molecular weight excluding hydrogens is 290 g/mol. The molecule has 1 saturated heterocycles. The van der Waals surface area contributed by atoms with E-state index >= 15 is 0 Å². The lowest BCUT2D eigenvalue weighted by Gasteiger charge is -2.32. The zero-order valence-corrected chi connectivity index (χ0v) is 13.4. The maximum absolute atomic E-state index is 9.64. The van der Waals surface area contributed by atoms with Gasteiger partial charge in [0, 0.05) is 24.5 Å². The molecule has 3 heterocycles. The second-order valence-electron chi connectivity index (χ2n) is 5.98. The SMILES string of the molecule is Cc1cc(N2CCCCC[C@@H]2c2cccnc2CO)nc(N)n1. The van der Waals surface area contributed by atoms with Crippen LogP contribution in [0.2, 0.25) is 0 Å². The first-order chi connectivity index (χ1) is 11.2. The maximum atomic E-state index is 9.64. The third-order valence-electron chi connectivity index (χ3n) is 4.34. The van der Waals surface area contributed by atoms with Crippen LogP contribution in [0.4, 0.5) is 11.8 Å². The van der Waals surface area contributed by atoms with Crippen molar-refractivity contribution >= 4 is 11.8 Å². The molecule has 0 radical (unpaired) electrons. The van der Waals surface area contributed by atoms with E-state index in [0.29, 0.717) is 5.95 Å². The molecule has 1 aliphatic heterocycles. The lowest BCUT2D eigenvalue weighted by molar-refractivity contribution is 0.274. The fourth-order valence-corrected chi connectivity index (χ4v) is 3.31. The molecule has 0 aliphatic carbocycles. The average molecular weight is 313 g/mol. The van der Waals surface area contributed by atoms with E-state index in [1.54, 1.807) is 6.20 Å². The van der Waals surface area contributed by atoms with Crippen molar-refractivity contribution in [2.45, 2.75) is 45.3 Å². The topological polar surface area (TPSA) is 88.2 Å². The second-order valence-corrected chi connectivity index (χ2v) is 5.98. The van der Waals surface area contributed by atoms with Crippen LogP contribution >= 0.6 is 0 Å². The van der Waals surface area contributed by atoms with E-state index in [2.05, 4.69) is 25.9 Å². The summed E-state index contributed by atoms with van der Waals surface area (Å²) >= 11 is 0. The second kappa shape index (κ2) is 6.91. The standard InChI is InChI=1S/C17H23N5O/c1-12-10-16(21-17(18)20-12)22-9-4-2-3-7-15(22)13-6-5-8-19-14(13)11-23/h5-6,8,10,15,23H,2-4,7,9,11H2,1H3,(H2,18,20,21)/t15-/m1/s1. The molecule has 3 rings (SSSR count). The van der Waals surface area contributed by atoms with Crippen LogP contribution in [0, 0.1) is 6.92 Å². The van der Waals surface area contributed by atoms with Crippen molar-refractivity contribution in [3.8, 4) is 0 Å². The van der Waals surface area contributed by atoms with Gasteiger partial charge in [0.15, 0.2) is 0 Å². The Hall–Kier alpha value is -2.21. The van der Waals surface area contributed by atoms with E-state index in [1.165, 1.54) is 6.42 Å². The van der Waals surface area contributed by atoms with Gasteiger partial charge >= 0.3 is 0 Å². The molecule has 23 heavy (non-hydrogen) atoms. The molecule has 0 saturated carbocycles. The molecule has 0 spiro atoms. The molecule has 6 heteroatoms. The van der Waals surface area contributed by atoms with Crippen LogP contribution in [-0.4, -0.2) is 26.6 Å². The quantitative estimate of drug-likeness (QED) is 0.904. The molecule has 1 atom stereocenters. The highest BCUT2D eigenvalue weighted by molar-refractivity contribution is 5.47. The van der Waals surface area contributed by atoms with E-state index in [1.807, 2.05) is 19.1 Å². The Balaban J connectivity index is 2.03. The van der Waals surface area contributed by atoms with E-state index in [9.17, 15) is 5.11 Å². The van der Waals surface area contributed by atoms with Gasteiger partial charge in [0.25, 0.3) is 0 Å². The van der Waals surface area contributed by atoms with Crippen LogP contribution in [0.15, 0.2) is 24.4 Å². The molecule has 1 fully saturated rings. The van der Waals surface area contributed by atoms with Gasteiger partial charge in [-0.25, -0.2) is 4.98 Å². The summed E-state index contributed by atoms with van der Waals surface area (Å²) < 4.78 is 0. The van der Waals surface area contributed by atoms with Crippen LogP contribution < -0.4 is 10.6 Å². The molecule has 2 aromatic rings. The third-order valence-corrected chi connectivity index (χ3v) is 4.34. The van der Waals surface area contributed by atoms with Crippen LogP contribution in [0.5, 0.6) is 0 Å². The van der Waals surface area contributed by atoms with E-state index in [0.717, 1.165) is 48.6 Å². The Labute approximate surface area is 136 Å². The number of aliphatic hydroxyl groups excluding tert-OH is 1. The Kier molecular flexibility index (Phi) is 4.71. The van der Waals surface area contributed by atoms with Gasteiger partial charge in [0.05, 0.1) is 18.3 Å². The summed E-state index contributed by atoms with van der Waals surface area (Å²) in [5, 5.41) is 9.64. The summed E-state index contributed by atoms with van der Waals surface area (Å²) in [5.74, 6) is 1.16. The summed E-state index contributed by atoms with van der Waals surface area (Å²) in [6.45, 7) is 2.80. The van der Waals surface area contributed by atoms with Crippen LogP contribution in [-0.2, 0) is 6.61 Å². The minimum Gasteiger partial charge on any atom is -0.390 e. The summed E-state index contributed by atoms with van der Waals surface area (Å²) in [4.78, 5) is 15.2. The average Bonchev–Trinajstić information content (AvgIpc) is 2.79. The van der Waals surface area contributed by atoms with Crippen molar-refractivity contribution in [2.24, 2.45) is 0 Å². The van der Waals surface area contributed by atoms with Crippen molar-refractivity contribution < 1.29 is 5.11 Å². The summed E-state index contributed by atoms with van der Waals surface area (Å²) in [6.07, 6.45) is 6.21. The molecule has 122 valence electrons. The smallest absolute Gasteiger partial charge is 0.222 e. The lowest BCUT2D eigenvalue weighted by Crippen LogP contribution is -2.30. The molecule has 0 aromatic carbocycles. The number of aromatic nitrogens is 3. The zero-order valence-electron chi connectivity index (χ0n) is 13.4. The highest BCUT2D eigenvalue weighted by atomic mass is 16.3. The first kappa shape index (κ1) is 15.7. The van der Waals surface area contributed by atoms with E-state index in [4.69, 9.17) is 5.73 Å². The van der Waals surface area contributed by atoms with Crippen LogP contribution in [0.3, 0.4) is 0 Å². The number of nitrogen functional groups attached to an aromatic ring is 1. The minimum absolute atomic E-state index is 0.0501. The molecular formula is C17H23N5O. The number of anilines is 2. The predicted molar refractivity (Wildman–Crippen MR) is 89.9 cm³/mol. The number of hydrogen-bond acceptors (Lipinski definition) is 6. The first-order valence-electron chi connectivity index (χ1n) is 8.11. The van der Waals surface area contributed by atoms with Crippen LogP contribution in [0.1, 0.15) is 48.7 Å². The molecule has 0 amide bonds. The minimum atomic E-state index is -0.0501. The molecule has 3 N–H and O–H groups in total. The highest BCUT2D eigenvalue weighted by Crippen LogP contribution is 2.34. The molecule has 0 unspecified atom stereocenters. The van der Waals surface area contributed by atoms with Gasteiger partial charge in [-0.3, -0.25) is 4.98 Å². The normalized spacial score (nSPS) is 18.7. The van der Waals surface area contributed by atoms with Gasteiger partial charge in [0.1, 0.15) is 5.82 Å². The largest absolute Gasteiger partial charge is 0.390 e. The molecule has 1 aliphatic rings. The van der Waals surface area contributed by atoms with Crippen molar-refractivity contribution in [1.82, 2.24) is 15.0 Å². The van der Waals surface area contributed by atoms with Crippen LogP contribution in [0.25, 0.3) is 0 Å². The Bertz CT molecular complexity index is 656. The van der Waals surface area contributed by atoms with Gasteiger partial charge in [-0.2, -0.15) is 4.98 Å². The monoisotopic (exact) mass is 313 g/mol. The van der Waals surface area contributed by atoms with Gasteiger partial charge in [0.2, 0.25) is 5.95 Å². The van der Waals surface area contributed by atoms with E-state index < -0.39 is 0 Å². The summed E-state index contributed by atoms with van der Waals surface area (Å²) in [7, 11) is 0. The highest BCUT2D eigenvalue weighted by Gasteiger charge is 2.26. The Morgan fingerprint density at radius 3 is 2.96 bits per heavy atom. The summed E-state index contributed by atoms with van der Waals surface area (Å²) in [5.41, 5.74) is 8.52. The van der Waals surface area contributed by atoms with Crippen molar-refractivity contribution in [3.05, 3.63) is 41.3 Å². The lowest BCUT2D eigenvalue weighted by atomic mass is 9.99. The fourth-order valence-electron chi connectivity index (χ4n) is 3.31. The van der Waals surface area contributed by atoms with Gasteiger partial charge in [-0.1, -0.05) is 18.9 Å². The van der Waals surface area contributed by atoms with Crippen molar-refractivity contribution in [3.63, 3.8) is 0 Å². The Morgan fingerprint density at radius 1 is 1.30 bits per heavy atom. The number of aliphatic hydroxyl groups is 1. The predicted octanol–water partition coefficient (Wildman–Crippen LogP) is 2.38. The fraction of sp³-hybridized carbons (Fsp3) is 0.471. The first-order valence-corrected chi connectivity index (χ1v) is 8.11. The number of hydrogen-bond donors (Lipinski definition) is 2. The summed E-state index contributed by atoms with van der Waals surface area (Å²) in [6, 6.07) is 6.11. The van der Waals surface area contributed by atoms with Gasteiger partial charge in [-0.15, -0.1) is 0 Å². The number of nitrogens with two attached hydrogens (primary N) is 1. The zero-order chi connectivity index (χ0) is 16.2. The third kappa shape index (κ3) is 3.42. The van der Waals surface area contributed by atoms with Gasteiger partial charge in [-0.05, 0) is 31.4 Å². The van der Waals surface area contributed by atoms with Gasteiger partial charge < -0.3 is 15.7 Å². The number of rotatable bonds is 3. The van der Waals surface area contributed by atoms with E-state index in [-0.39, 0.29) is 12.6 Å². The maximum Gasteiger partial charge on any atom is 0.222 e. The number of pyridine rings is 1. The Morgan fingerprint density at radius 2 is 2.17 bits per heavy atom. The molecule has 0 bridgehead atoms. The molecule has 6 nitrogen and oxygen atoms in total. The number of aryl methyl sites for hydroxylation is 1. The molecule has 2 aromatic heterocycles.